The van der Waals surface area contributed by atoms with Gasteiger partial charge >= 0.3 is 0 Å². The number of carbonyl (C=O) groups is 1. The van der Waals surface area contributed by atoms with E-state index in [2.05, 4.69) is 26.0 Å². The van der Waals surface area contributed by atoms with E-state index in [0.717, 1.165) is 32.4 Å². The number of aromatic nitrogens is 4. The number of hydrogen-bond acceptors (Lipinski definition) is 5. The lowest BCUT2D eigenvalue weighted by Crippen LogP contribution is -2.47. The van der Waals surface area contributed by atoms with Gasteiger partial charge in [0.1, 0.15) is 0 Å². The number of amides is 1. The predicted molar refractivity (Wildman–Crippen MR) is 62.3 cm³/mol. The molecule has 0 spiro atoms. The molecular weight excluding hydrogens is 220 g/mol. The van der Waals surface area contributed by atoms with Gasteiger partial charge in [-0.05, 0) is 31.0 Å². The second-order valence-electron chi connectivity index (χ2n) is 4.47. The SMILES string of the molecule is CCC1(C(=O)Nc2nnn(C)n2)CCCNC1. The summed E-state index contributed by atoms with van der Waals surface area (Å²) in [4.78, 5) is 13.6. The van der Waals surface area contributed by atoms with Crippen LogP contribution in [-0.2, 0) is 11.8 Å². The van der Waals surface area contributed by atoms with E-state index in [1.165, 1.54) is 4.80 Å². The molecule has 1 unspecified atom stereocenters. The van der Waals surface area contributed by atoms with Crippen molar-refractivity contribution in [2.75, 3.05) is 18.4 Å². The molecule has 2 N–H and O–H groups in total. The molecule has 2 heterocycles. The maximum absolute atomic E-state index is 12.3. The Labute approximate surface area is 100.0 Å². The number of anilines is 1. The molecular formula is C10H18N6O. The average molecular weight is 238 g/mol. The Morgan fingerprint density at radius 2 is 2.47 bits per heavy atom. The predicted octanol–water partition coefficient (Wildman–Crippen LogP) is -0.0716. The van der Waals surface area contributed by atoms with Crippen LogP contribution in [0.1, 0.15) is 26.2 Å². The van der Waals surface area contributed by atoms with Gasteiger partial charge < -0.3 is 5.32 Å². The molecule has 1 aliphatic rings. The molecule has 0 radical (unpaired) electrons. The Kier molecular flexibility index (Phi) is 3.37. The molecule has 7 heteroatoms. The second-order valence-corrected chi connectivity index (χ2v) is 4.47. The minimum Gasteiger partial charge on any atom is -0.316 e. The molecule has 94 valence electrons. The van der Waals surface area contributed by atoms with Gasteiger partial charge in [0.25, 0.3) is 5.95 Å². The summed E-state index contributed by atoms with van der Waals surface area (Å²) in [6, 6.07) is 0. The van der Waals surface area contributed by atoms with Crippen LogP contribution in [0.2, 0.25) is 0 Å². The summed E-state index contributed by atoms with van der Waals surface area (Å²) in [5, 5.41) is 17.4. The molecule has 1 aliphatic heterocycles. The number of tetrazole rings is 1. The molecule has 1 amide bonds. The van der Waals surface area contributed by atoms with Crippen LogP contribution in [0.25, 0.3) is 0 Å². The van der Waals surface area contributed by atoms with Gasteiger partial charge in [-0.1, -0.05) is 12.0 Å². The quantitative estimate of drug-likeness (QED) is 0.770. The molecule has 0 aliphatic carbocycles. The Morgan fingerprint density at radius 3 is 3.00 bits per heavy atom. The number of rotatable bonds is 3. The zero-order chi connectivity index (χ0) is 12.3. The average Bonchev–Trinajstić information content (AvgIpc) is 2.75. The Morgan fingerprint density at radius 1 is 1.65 bits per heavy atom. The summed E-state index contributed by atoms with van der Waals surface area (Å²) in [7, 11) is 1.67. The third kappa shape index (κ3) is 2.44. The lowest BCUT2D eigenvalue weighted by molar-refractivity contribution is -0.126. The number of aryl methyl sites for hydroxylation is 1. The summed E-state index contributed by atoms with van der Waals surface area (Å²) in [6.07, 6.45) is 2.74. The van der Waals surface area contributed by atoms with Crippen molar-refractivity contribution < 1.29 is 4.79 Å². The van der Waals surface area contributed by atoms with Crippen LogP contribution in [0, 0.1) is 5.41 Å². The smallest absolute Gasteiger partial charge is 0.270 e. The minimum atomic E-state index is -0.336. The molecule has 1 saturated heterocycles. The first-order valence-corrected chi connectivity index (χ1v) is 5.92. The molecule has 0 aromatic carbocycles. The van der Waals surface area contributed by atoms with Crippen LogP contribution < -0.4 is 10.6 Å². The highest BCUT2D eigenvalue weighted by Gasteiger charge is 2.38. The number of carbonyl (C=O) groups excluding carboxylic acids is 1. The first-order chi connectivity index (χ1) is 8.16. The van der Waals surface area contributed by atoms with Crippen molar-refractivity contribution in [1.82, 2.24) is 25.5 Å². The van der Waals surface area contributed by atoms with Gasteiger partial charge in [0.2, 0.25) is 5.91 Å². The van der Waals surface area contributed by atoms with Gasteiger partial charge in [0.15, 0.2) is 0 Å². The summed E-state index contributed by atoms with van der Waals surface area (Å²) < 4.78 is 0. The fourth-order valence-corrected chi connectivity index (χ4v) is 2.19. The van der Waals surface area contributed by atoms with E-state index in [0.29, 0.717) is 0 Å². The summed E-state index contributed by atoms with van der Waals surface area (Å²) in [5.74, 6) is 0.260. The van der Waals surface area contributed by atoms with E-state index < -0.39 is 0 Å². The highest BCUT2D eigenvalue weighted by molar-refractivity contribution is 5.94. The van der Waals surface area contributed by atoms with Gasteiger partial charge in [-0.25, -0.2) is 0 Å². The lowest BCUT2D eigenvalue weighted by Gasteiger charge is -2.34. The third-order valence-electron chi connectivity index (χ3n) is 3.36. The first-order valence-electron chi connectivity index (χ1n) is 5.92. The van der Waals surface area contributed by atoms with E-state index in [-0.39, 0.29) is 17.3 Å². The van der Waals surface area contributed by atoms with Gasteiger partial charge in [-0.2, -0.15) is 4.80 Å². The van der Waals surface area contributed by atoms with Crippen molar-refractivity contribution in [3.8, 4) is 0 Å². The van der Waals surface area contributed by atoms with Crippen molar-refractivity contribution in [1.29, 1.82) is 0 Å². The Hall–Kier alpha value is -1.50. The minimum absolute atomic E-state index is 0.0137. The molecule has 7 nitrogen and oxygen atoms in total. The Balaban J connectivity index is 2.07. The van der Waals surface area contributed by atoms with Crippen LogP contribution in [0.3, 0.4) is 0 Å². The van der Waals surface area contributed by atoms with E-state index in [4.69, 9.17) is 0 Å². The fourth-order valence-electron chi connectivity index (χ4n) is 2.19. The van der Waals surface area contributed by atoms with Gasteiger partial charge in [-0.3, -0.25) is 10.1 Å². The molecule has 17 heavy (non-hydrogen) atoms. The first kappa shape index (κ1) is 12.0. The second kappa shape index (κ2) is 4.79. The highest BCUT2D eigenvalue weighted by atomic mass is 16.2. The molecule has 0 bridgehead atoms. The topological polar surface area (TPSA) is 84.7 Å². The van der Waals surface area contributed by atoms with E-state index in [1.807, 2.05) is 6.92 Å². The largest absolute Gasteiger partial charge is 0.316 e. The van der Waals surface area contributed by atoms with Crippen molar-refractivity contribution in [2.24, 2.45) is 12.5 Å². The van der Waals surface area contributed by atoms with E-state index in [9.17, 15) is 4.79 Å². The number of hydrogen-bond donors (Lipinski definition) is 2. The van der Waals surface area contributed by atoms with Gasteiger partial charge in [-0.15, -0.1) is 5.10 Å². The number of nitrogens with one attached hydrogen (secondary N) is 2. The summed E-state index contributed by atoms with van der Waals surface area (Å²) in [5.41, 5.74) is -0.336. The van der Waals surface area contributed by atoms with Crippen LogP contribution >= 0.6 is 0 Å². The maximum Gasteiger partial charge on any atom is 0.270 e. The standard InChI is InChI=1S/C10H18N6O/c1-3-10(5-4-6-11-7-10)8(17)12-9-13-15-16(2)14-9/h11H,3-7H2,1-2H3,(H,12,14,17). The molecule has 0 saturated carbocycles. The summed E-state index contributed by atoms with van der Waals surface area (Å²) >= 11 is 0. The van der Waals surface area contributed by atoms with Crippen molar-refractivity contribution in [3.63, 3.8) is 0 Å². The van der Waals surface area contributed by atoms with Gasteiger partial charge in [0.05, 0.1) is 12.5 Å². The van der Waals surface area contributed by atoms with Crippen molar-refractivity contribution in [2.45, 2.75) is 26.2 Å². The van der Waals surface area contributed by atoms with Crippen LogP contribution in [-0.4, -0.2) is 39.2 Å². The maximum atomic E-state index is 12.3. The van der Waals surface area contributed by atoms with Crippen molar-refractivity contribution >= 4 is 11.9 Å². The number of nitrogens with zero attached hydrogens (tertiary/aromatic N) is 4. The monoisotopic (exact) mass is 238 g/mol. The lowest BCUT2D eigenvalue weighted by atomic mass is 9.77. The fraction of sp³-hybridized carbons (Fsp3) is 0.800. The molecule has 1 aromatic heterocycles. The zero-order valence-corrected chi connectivity index (χ0v) is 10.2. The number of piperidine rings is 1. The highest BCUT2D eigenvalue weighted by Crippen LogP contribution is 2.31. The molecule has 1 atom stereocenters. The van der Waals surface area contributed by atoms with Crippen LogP contribution in [0.15, 0.2) is 0 Å². The van der Waals surface area contributed by atoms with Crippen molar-refractivity contribution in [3.05, 3.63) is 0 Å². The summed E-state index contributed by atoms with van der Waals surface area (Å²) in [6.45, 7) is 3.74. The normalized spacial score (nSPS) is 24.6. The molecule has 1 aromatic rings. The van der Waals surface area contributed by atoms with Crippen LogP contribution in [0.4, 0.5) is 5.95 Å². The zero-order valence-electron chi connectivity index (χ0n) is 10.2. The van der Waals surface area contributed by atoms with Gasteiger partial charge in [0, 0.05) is 6.54 Å². The Bertz CT molecular complexity index is 395. The van der Waals surface area contributed by atoms with E-state index in [1.54, 1.807) is 7.05 Å². The molecule has 2 rings (SSSR count). The third-order valence-corrected chi connectivity index (χ3v) is 3.36. The van der Waals surface area contributed by atoms with E-state index >= 15 is 0 Å². The molecule has 1 fully saturated rings. The van der Waals surface area contributed by atoms with Crippen LogP contribution in [0.5, 0.6) is 0 Å².